The zero-order valence-electron chi connectivity index (χ0n) is 16.7. The van der Waals surface area contributed by atoms with Crippen LogP contribution in [0.25, 0.3) is 0 Å². The second kappa shape index (κ2) is 8.09. The third-order valence-electron chi connectivity index (χ3n) is 5.30. The van der Waals surface area contributed by atoms with Crippen molar-refractivity contribution in [2.75, 3.05) is 7.11 Å². The Morgan fingerprint density at radius 3 is 2.70 bits per heavy atom. The Bertz CT molecular complexity index is 1200. The van der Waals surface area contributed by atoms with Crippen molar-refractivity contribution in [2.45, 2.75) is 25.8 Å². The predicted molar refractivity (Wildman–Crippen MR) is 116 cm³/mol. The summed E-state index contributed by atoms with van der Waals surface area (Å²) in [7, 11) is 1.63. The van der Waals surface area contributed by atoms with E-state index in [1.165, 1.54) is 11.3 Å². The molecule has 2 aromatic heterocycles. The molecule has 7 heteroatoms. The summed E-state index contributed by atoms with van der Waals surface area (Å²) in [4.78, 5) is 14.4. The van der Waals surface area contributed by atoms with Crippen molar-refractivity contribution in [3.63, 3.8) is 0 Å². The zero-order chi connectivity index (χ0) is 21.3. The van der Waals surface area contributed by atoms with Crippen molar-refractivity contribution in [2.24, 2.45) is 5.73 Å². The van der Waals surface area contributed by atoms with E-state index in [-0.39, 0.29) is 17.0 Å². The van der Waals surface area contributed by atoms with Crippen LogP contribution in [0.2, 0.25) is 0 Å². The van der Waals surface area contributed by atoms with Gasteiger partial charge >= 0.3 is 0 Å². The van der Waals surface area contributed by atoms with E-state index in [0.29, 0.717) is 24.3 Å². The number of hydrogen-bond donors (Lipinski definition) is 1. The fraction of sp³-hybridized carbons (Fsp3) is 0.217. The van der Waals surface area contributed by atoms with Crippen LogP contribution >= 0.6 is 11.3 Å². The molecule has 1 unspecified atom stereocenters. The van der Waals surface area contributed by atoms with Crippen molar-refractivity contribution in [3.8, 4) is 17.6 Å². The summed E-state index contributed by atoms with van der Waals surface area (Å²) in [6, 6.07) is 15.6. The van der Waals surface area contributed by atoms with Gasteiger partial charge < -0.3 is 19.8 Å². The molecule has 152 valence electrons. The molecule has 1 aliphatic rings. The van der Waals surface area contributed by atoms with Gasteiger partial charge in [-0.15, -0.1) is 11.3 Å². The predicted octanol–water partition coefficient (Wildman–Crippen LogP) is 3.69. The van der Waals surface area contributed by atoms with Gasteiger partial charge in [-0.05, 0) is 42.5 Å². The molecular weight excluding hydrogens is 398 g/mol. The van der Waals surface area contributed by atoms with Crippen LogP contribution in [0.4, 0.5) is 0 Å². The van der Waals surface area contributed by atoms with Crippen LogP contribution in [0, 0.1) is 18.3 Å². The van der Waals surface area contributed by atoms with E-state index in [1.54, 1.807) is 11.7 Å². The molecule has 3 heterocycles. The fourth-order valence-electron chi connectivity index (χ4n) is 3.74. The van der Waals surface area contributed by atoms with Crippen LogP contribution in [0.1, 0.15) is 27.6 Å². The minimum absolute atomic E-state index is 0.0539. The molecule has 0 spiro atoms. The fourth-order valence-corrected chi connectivity index (χ4v) is 4.58. The highest BCUT2D eigenvalue weighted by Crippen LogP contribution is 2.41. The molecule has 0 amide bonds. The van der Waals surface area contributed by atoms with Crippen LogP contribution in [-0.4, -0.2) is 11.7 Å². The SMILES string of the molecule is COc1ccc(CCn2c(C)cc3c(c2=O)C(c2cccs2)C(C#N)=C(N)O3)cc1. The third kappa shape index (κ3) is 3.46. The van der Waals surface area contributed by atoms with E-state index in [1.807, 2.05) is 54.8 Å². The smallest absolute Gasteiger partial charge is 0.258 e. The van der Waals surface area contributed by atoms with Gasteiger partial charge in [0.05, 0.1) is 18.6 Å². The van der Waals surface area contributed by atoms with Crippen LogP contribution in [0.5, 0.6) is 11.5 Å². The lowest BCUT2D eigenvalue weighted by Gasteiger charge is -2.26. The number of ether oxygens (including phenoxy) is 2. The molecular formula is C23H21N3O3S. The Morgan fingerprint density at radius 1 is 1.30 bits per heavy atom. The van der Waals surface area contributed by atoms with Gasteiger partial charge in [-0.3, -0.25) is 4.79 Å². The number of nitrogens with zero attached hydrogens (tertiary/aromatic N) is 2. The number of allylic oxidation sites excluding steroid dienone is 1. The molecule has 4 rings (SSSR count). The highest BCUT2D eigenvalue weighted by molar-refractivity contribution is 7.10. The first-order valence-electron chi connectivity index (χ1n) is 9.51. The maximum absolute atomic E-state index is 13.5. The van der Waals surface area contributed by atoms with Gasteiger partial charge in [0, 0.05) is 23.2 Å². The van der Waals surface area contributed by atoms with Gasteiger partial charge in [-0.1, -0.05) is 18.2 Å². The summed E-state index contributed by atoms with van der Waals surface area (Å²) in [5.41, 5.74) is 8.48. The lowest BCUT2D eigenvalue weighted by molar-refractivity contribution is 0.388. The number of thiophene rings is 1. The Kier molecular flexibility index (Phi) is 5.34. The summed E-state index contributed by atoms with van der Waals surface area (Å²) < 4.78 is 12.6. The number of aryl methyl sites for hydroxylation is 2. The first kappa shape index (κ1) is 19.8. The molecule has 3 aromatic rings. The minimum Gasteiger partial charge on any atom is -0.497 e. The van der Waals surface area contributed by atoms with Crippen LogP contribution in [-0.2, 0) is 13.0 Å². The molecule has 0 saturated heterocycles. The molecule has 2 N–H and O–H groups in total. The third-order valence-corrected chi connectivity index (χ3v) is 6.24. The van der Waals surface area contributed by atoms with Crippen molar-refractivity contribution in [3.05, 3.63) is 91.4 Å². The summed E-state index contributed by atoms with van der Waals surface area (Å²) in [6.07, 6.45) is 0.692. The highest BCUT2D eigenvalue weighted by atomic mass is 32.1. The molecule has 6 nitrogen and oxygen atoms in total. The first-order valence-corrected chi connectivity index (χ1v) is 10.4. The molecule has 1 aromatic carbocycles. The van der Waals surface area contributed by atoms with Gasteiger partial charge in [0.1, 0.15) is 23.1 Å². The van der Waals surface area contributed by atoms with E-state index < -0.39 is 5.92 Å². The van der Waals surface area contributed by atoms with Crippen LogP contribution in [0.15, 0.2) is 64.1 Å². The molecule has 1 atom stereocenters. The topological polar surface area (TPSA) is 90.3 Å². The number of methoxy groups -OCH3 is 1. The molecule has 0 radical (unpaired) electrons. The van der Waals surface area contributed by atoms with E-state index in [9.17, 15) is 10.1 Å². The molecule has 1 aliphatic heterocycles. The number of hydrogen-bond acceptors (Lipinski definition) is 6. The van der Waals surface area contributed by atoms with Gasteiger partial charge in [0.15, 0.2) is 0 Å². The average Bonchev–Trinajstić information content (AvgIpc) is 3.27. The average molecular weight is 420 g/mol. The highest BCUT2D eigenvalue weighted by Gasteiger charge is 2.34. The van der Waals surface area contributed by atoms with Crippen molar-refractivity contribution in [1.29, 1.82) is 5.26 Å². The largest absolute Gasteiger partial charge is 0.497 e. The van der Waals surface area contributed by atoms with Gasteiger partial charge in [0.25, 0.3) is 5.56 Å². The lowest BCUT2D eigenvalue weighted by atomic mass is 9.88. The Balaban J connectivity index is 1.75. The van der Waals surface area contributed by atoms with Gasteiger partial charge in [0.2, 0.25) is 5.88 Å². The molecule has 0 bridgehead atoms. The number of pyridine rings is 1. The maximum atomic E-state index is 13.5. The number of nitrogens with two attached hydrogens (primary N) is 1. The first-order chi connectivity index (χ1) is 14.5. The maximum Gasteiger partial charge on any atom is 0.258 e. The van der Waals surface area contributed by atoms with Crippen LogP contribution < -0.4 is 20.8 Å². The minimum atomic E-state index is -0.515. The standard InChI is InChI=1S/C23H21N3O3S/c1-14-12-18-21(20(19-4-3-11-30-19)17(13-24)22(25)29-18)23(27)26(14)10-9-15-5-7-16(28-2)8-6-15/h3-8,11-12,20H,9-10,25H2,1-2H3. The second-order valence-electron chi connectivity index (χ2n) is 7.06. The van der Waals surface area contributed by atoms with E-state index in [4.69, 9.17) is 15.2 Å². The number of benzene rings is 1. The van der Waals surface area contributed by atoms with Crippen molar-refractivity contribution >= 4 is 11.3 Å². The number of rotatable bonds is 5. The molecule has 30 heavy (non-hydrogen) atoms. The Morgan fingerprint density at radius 2 is 2.07 bits per heavy atom. The van der Waals surface area contributed by atoms with Crippen molar-refractivity contribution in [1.82, 2.24) is 4.57 Å². The zero-order valence-corrected chi connectivity index (χ0v) is 17.5. The van der Waals surface area contributed by atoms with E-state index >= 15 is 0 Å². The molecule has 0 fully saturated rings. The summed E-state index contributed by atoms with van der Waals surface area (Å²) in [5, 5.41) is 11.6. The summed E-state index contributed by atoms with van der Waals surface area (Å²) in [5.74, 6) is 0.760. The molecule has 0 aliphatic carbocycles. The second-order valence-corrected chi connectivity index (χ2v) is 8.04. The molecule has 0 saturated carbocycles. The van der Waals surface area contributed by atoms with Crippen molar-refractivity contribution < 1.29 is 9.47 Å². The monoisotopic (exact) mass is 419 g/mol. The summed E-state index contributed by atoms with van der Waals surface area (Å²) in [6.45, 7) is 2.39. The Labute approximate surface area is 178 Å². The van der Waals surface area contributed by atoms with E-state index in [2.05, 4.69) is 6.07 Å². The lowest BCUT2D eigenvalue weighted by Crippen LogP contribution is -2.33. The quantitative estimate of drug-likeness (QED) is 0.681. The van der Waals surface area contributed by atoms with Gasteiger partial charge in [-0.2, -0.15) is 5.26 Å². The summed E-state index contributed by atoms with van der Waals surface area (Å²) >= 11 is 1.49. The van der Waals surface area contributed by atoms with Gasteiger partial charge in [-0.25, -0.2) is 0 Å². The van der Waals surface area contributed by atoms with Crippen LogP contribution in [0.3, 0.4) is 0 Å². The normalized spacial score (nSPS) is 15.3. The number of fused-ring (bicyclic) bond motifs is 1. The van der Waals surface area contributed by atoms with E-state index in [0.717, 1.165) is 21.9 Å². The Hall–Kier alpha value is -3.50. The number of aromatic nitrogens is 1. The number of nitriles is 1.